The number of aliphatic hydroxyl groups excluding tert-OH is 1. The van der Waals surface area contributed by atoms with Crippen LogP contribution in [0.25, 0.3) is 0 Å². The minimum absolute atomic E-state index is 0.124. The molecule has 0 radical (unpaired) electrons. The van der Waals surface area contributed by atoms with E-state index in [9.17, 15) is 9.90 Å². The van der Waals surface area contributed by atoms with Gasteiger partial charge in [0.1, 0.15) is 5.01 Å². The van der Waals surface area contributed by atoms with Gasteiger partial charge in [-0.25, -0.2) is 9.78 Å². The first-order chi connectivity index (χ1) is 10.0. The lowest BCUT2D eigenvalue weighted by Crippen LogP contribution is -2.42. The average Bonchev–Trinajstić information content (AvgIpc) is 2.95. The number of aliphatic hydroxyl groups is 1. The lowest BCUT2D eigenvalue weighted by atomic mass is 9.97. The maximum atomic E-state index is 11.9. The summed E-state index contributed by atoms with van der Waals surface area (Å²) in [6.45, 7) is 8.38. The second-order valence-corrected chi connectivity index (χ2v) is 6.39. The van der Waals surface area contributed by atoms with E-state index in [1.54, 1.807) is 11.3 Å². The zero-order chi connectivity index (χ0) is 15.8. The third-order valence-electron chi connectivity index (χ3n) is 3.70. The molecule has 6 heteroatoms. The van der Waals surface area contributed by atoms with Crippen LogP contribution in [0.4, 0.5) is 4.79 Å². The molecule has 0 aliphatic rings. The van der Waals surface area contributed by atoms with Crippen LogP contribution in [0, 0.1) is 5.92 Å². The fraction of sp³-hybridized carbons (Fsp3) is 0.733. The van der Waals surface area contributed by atoms with E-state index < -0.39 is 6.10 Å². The van der Waals surface area contributed by atoms with Crippen molar-refractivity contribution in [2.24, 2.45) is 5.92 Å². The quantitative estimate of drug-likeness (QED) is 0.691. The summed E-state index contributed by atoms with van der Waals surface area (Å²) in [4.78, 5) is 17.4. The topological polar surface area (TPSA) is 74.2 Å². The number of nitrogens with zero attached hydrogens (tertiary/aromatic N) is 1. The first kappa shape index (κ1) is 17.9. The third-order valence-corrected chi connectivity index (χ3v) is 5.03. The summed E-state index contributed by atoms with van der Waals surface area (Å²) < 4.78 is 0. The summed E-state index contributed by atoms with van der Waals surface area (Å²) in [6.07, 6.45) is 4.14. The van der Waals surface area contributed by atoms with Gasteiger partial charge in [0, 0.05) is 17.6 Å². The van der Waals surface area contributed by atoms with E-state index in [-0.39, 0.29) is 24.5 Å². The summed E-state index contributed by atoms with van der Waals surface area (Å²) in [5.74, 6) is 0.230. The molecular formula is C15H27N3O2S. The van der Waals surface area contributed by atoms with Gasteiger partial charge in [-0.3, -0.25) is 0 Å². The van der Waals surface area contributed by atoms with Crippen molar-refractivity contribution in [1.82, 2.24) is 15.6 Å². The summed E-state index contributed by atoms with van der Waals surface area (Å²) in [5, 5.41) is 16.5. The molecule has 0 aliphatic carbocycles. The van der Waals surface area contributed by atoms with Crippen LogP contribution in [0.3, 0.4) is 0 Å². The van der Waals surface area contributed by atoms with Crippen LogP contribution in [-0.2, 0) is 6.42 Å². The van der Waals surface area contributed by atoms with Gasteiger partial charge in [-0.15, -0.1) is 11.3 Å². The molecular weight excluding hydrogens is 286 g/mol. The Labute approximate surface area is 131 Å². The molecule has 1 heterocycles. The Hall–Kier alpha value is -1.14. The second kappa shape index (κ2) is 9.00. The molecule has 0 saturated heterocycles. The van der Waals surface area contributed by atoms with Crippen molar-refractivity contribution in [1.29, 1.82) is 0 Å². The van der Waals surface area contributed by atoms with Crippen LogP contribution < -0.4 is 10.6 Å². The number of aromatic nitrogens is 1. The van der Waals surface area contributed by atoms with Gasteiger partial charge in [0.2, 0.25) is 0 Å². The lowest BCUT2D eigenvalue weighted by Gasteiger charge is -2.21. The van der Waals surface area contributed by atoms with Gasteiger partial charge in [-0.05, 0) is 19.3 Å². The van der Waals surface area contributed by atoms with Gasteiger partial charge in [0.25, 0.3) is 0 Å². The van der Waals surface area contributed by atoms with Crippen LogP contribution in [0.15, 0.2) is 6.20 Å². The highest BCUT2D eigenvalue weighted by Crippen LogP contribution is 2.20. The number of nitrogens with one attached hydrogen (secondary N) is 2. The number of rotatable bonds is 8. The largest absolute Gasteiger partial charge is 0.391 e. The molecule has 2 unspecified atom stereocenters. The molecule has 2 atom stereocenters. The van der Waals surface area contributed by atoms with Gasteiger partial charge in [0.05, 0.1) is 12.1 Å². The average molecular weight is 313 g/mol. The van der Waals surface area contributed by atoms with Crippen molar-refractivity contribution in [3.05, 3.63) is 16.1 Å². The van der Waals surface area contributed by atoms with E-state index in [4.69, 9.17) is 0 Å². The predicted molar refractivity (Wildman–Crippen MR) is 86.5 cm³/mol. The molecule has 0 saturated carbocycles. The molecule has 0 spiro atoms. The standard InChI is InChI=1S/C15H27N3O2S/c1-5-11(6-2)13(19)9-17-15(20)18-10(4)14-16-8-12(7-3)21-14/h8,10-11,13,19H,5-7,9H2,1-4H3,(H2,17,18,20). The fourth-order valence-electron chi connectivity index (χ4n) is 2.19. The molecule has 0 aromatic carbocycles. The minimum Gasteiger partial charge on any atom is -0.391 e. The maximum Gasteiger partial charge on any atom is 0.315 e. The van der Waals surface area contributed by atoms with Crippen molar-refractivity contribution < 1.29 is 9.90 Å². The van der Waals surface area contributed by atoms with Crippen molar-refractivity contribution in [3.63, 3.8) is 0 Å². The molecule has 21 heavy (non-hydrogen) atoms. The zero-order valence-electron chi connectivity index (χ0n) is 13.3. The van der Waals surface area contributed by atoms with Gasteiger partial charge in [-0.1, -0.05) is 33.6 Å². The monoisotopic (exact) mass is 313 g/mol. The smallest absolute Gasteiger partial charge is 0.315 e. The van der Waals surface area contributed by atoms with E-state index in [0.29, 0.717) is 0 Å². The molecule has 120 valence electrons. The molecule has 0 fully saturated rings. The van der Waals surface area contributed by atoms with Crippen LogP contribution in [0.2, 0.25) is 0 Å². The summed E-state index contributed by atoms with van der Waals surface area (Å²) in [6, 6.07) is -0.388. The lowest BCUT2D eigenvalue weighted by molar-refractivity contribution is 0.103. The molecule has 5 nitrogen and oxygen atoms in total. The predicted octanol–water partition coefficient (Wildman–Crippen LogP) is 2.86. The number of carbonyl (C=O) groups excluding carboxylic acids is 1. The highest BCUT2D eigenvalue weighted by atomic mass is 32.1. The fourth-order valence-corrected chi connectivity index (χ4v) is 3.05. The number of hydrogen-bond donors (Lipinski definition) is 3. The van der Waals surface area contributed by atoms with Crippen molar-refractivity contribution in [3.8, 4) is 0 Å². The van der Waals surface area contributed by atoms with Crippen molar-refractivity contribution in [2.75, 3.05) is 6.54 Å². The van der Waals surface area contributed by atoms with Gasteiger partial charge < -0.3 is 15.7 Å². The van der Waals surface area contributed by atoms with E-state index in [1.165, 1.54) is 4.88 Å². The van der Waals surface area contributed by atoms with E-state index in [1.807, 2.05) is 27.0 Å². The molecule has 3 N–H and O–H groups in total. The first-order valence-corrected chi connectivity index (χ1v) is 8.50. The Morgan fingerprint density at radius 2 is 2.05 bits per heavy atom. The van der Waals surface area contributed by atoms with E-state index in [0.717, 1.165) is 24.3 Å². The third kappa shape index (κ3) is 5.63. The number of amides is 2. The van der Waals surface area contributed by atoms with Gasteiger partial charge in [0.15, 0.2) is 0 Å². The number of thiazole rings is 1. The number of aryl methyl sites for hydroxylation is 1. The Morgan fingerprint density at radius 1 is 1.38 bits per heavy atom. The van der Waals surface area contributed by atoms with Gasteiger partial charge in [-0.2, -0.15) is 0 Å². The molecule has 1 rings (SSSR count). The molecule has 1 aromatic rings. The molecule has 0 bridgehead atoms. The second-order valence-electron chi connectivity index (χ2n) is 5.24. The SMILES string of the molecule is CCc1cnc(C(C)NC(=O)NCC(O)C(CC)CC)s1. The number of urea groups is 1. The maximum absolute atomic E-state index is 11.9. The highest BCUT2D eigenvalue weighted by Gasteiger charge is 2.17. The van der Waals surface area contributed by atoms with Crippen LogP contribution in [0.1, 0.15) is 56.5 Å². The summed E-state index contributed by atoms with van der Waals surface area (Å²) >= 11 is 1.62. The summed E-state index contributed by atoms with van der Waals surface area (Å²) in [7, 11) is 0. The van der Waals surface area contributed by atoms with Crippen LogP contribution >= 0.6 is 11.3 Å². The van der Waals surface area contributed by atoms with Crippen molar-refractivity contribution >= 4 is 17.4 Å². The van der Waals surface area contributed by atoms with E-state index in [2.05, 4.69) is 22.5 Å². The zero-order valence-corrected chi connectivity index (χ0v) is 14.2. The first-order valence-electron chi connectivity index (χ1n) is 7.68. The molecule has 1 aromatic heterocycles. The molecule has 0 aliphatic heterocycles. The Bertz CT molecular complexity index is 432. The number of hydrogen-bond acceptors (Lipinski definition) is 4. The number of carbonyl (C=O) groups is 1. The molecule has 2 amide bonds. The minimum atomic E-state index is -0.493. The Balaban J connectivity index is 2.39. The van der Waals surface area contributed by atoms with Crippen LogP contribution in [-0.4, -0.2) is 28.8 Å². The van der Waals surface area contributed by atoms with Crippen LogP contribution in [0.5, 0.6) is 0 Å². The van der Waals surface area contributed by atoms with Crippen molar-refractivity contribution in [2.45, 2.75) is 59.1 Å². The van der Waals surface area contributed by atoms with E-state index >= 15 is 0 Å². The normalized spacial score (nSPS) is 14.0. The Morgan fingerprint density at radius 3 is 2.57 bits per heavy atom. The highest BCUT2D eigenvalue weighted by molar-refractivity contribution is 7.11. The van der Waals surface area contributed by atoms with Gasteiger partial charge >= 0.3 is 6.03 Å². The summed E-state index contributed by atoms with van der Waals surface area (Å²) in [5.41, 5.74) is 0. The Kier molecular flexibility index (Phi) is 7.67.